The van der Waals surface area contributed by atoms with Crippen LogP contribution in [0.5, 0.6) is 0 Å². The summed E-state index contributed by atoms with van der Waals surface area (Å²) in [5.74, 6) is 0.988. The first-order valence-electron chi connectivity index (χ1n) is 6.21. The average molecular weight is 214 g/mol. The van der Waals surface area contributed by atoms with E-state index >= 15 is 0 Å². The molecule has 16 heavy (non-hydrogen) atoms. The van der Waals surface area contributed by atoms with Crippen molar-refractivity contribution in [3.63, 3.8) is 0 Å². The molecule has 1 saturated carbocycles. The summed E-state index contributed by atoms with van der Waals surface area (Å²) in [6, 6.07) is 8.73. The van der Waals surface area contributed by atoms with Crippen LogP contribution in [0.25, 0.3) is 5.57 Å². The van der Waals surface area contributed by atoms with Gasteiger partial charge in [-0.2, -0.15) is 0 Å². The molecule has 2 bridgehead atoms. The van der Waals surface area contributed by atoms with E-state index < -0.39 is 0 Å². The lowest BCUT2D eigenvalue weighted by atomic mass is 9.68. The highest BCUT2D eigenvalue weighted by atomic mass is 16.3. The lowest BCUT2D eigenvalue weighted by Gasteiger charge is -2.39. The maximum Gasteiger partial charge on any atom is 0.0608 e. The van der Waals surface area contributed by atoms with Crippen molar-refractivity contribution in [3.05, 3.63) is 41.5 Å². The first-order chi connectivity index (χ1) is 7.74. The van der Waals surface area contributed by atoms with E-state index in [2.05, 4.69) is 37.3 Å². The summed E-state index contributed by atoms with van der Waals surface area (Å²) in [5.41, 5.74) is 4.16. The topological polar surface area (TPSA) is 20.2 Å². The first kappa shape index (κ1) is 10.1. The van der Waals surface area contributed by atoms with Crippen LogP contribution in [0.3, 0.4) is 0 Å². The molecule has 1 aromatic rings. The molecule has 0 heterocycles. The van der Waals surface area contributed by atoms with Gasteiger partial charge in [-0.25, -0.2) is 0 Å². The van der Waals surface area contributed by atoms with Crippen molar-refractivity contribution >= 4 is 5.57 Å². The van der Waals surface area contributed by atoms with Crippen molar-refractivity contribution in [2.24, 2.45) is 11.8 Å². The summed E-state index contributed by atoms with van der Waals surface area (Å²) >= 11 is 0. The second-order valence-corrected chi connectivity index (χ2v) is 5.23. The molecule has 1 fully saturated rings. The fraction of sp³-hybridized carbons (Fsp3) is 0.467. The number of hydrogen-bond donors (Lipinski definition) is 1. The highest BCUT2D eigenvalue weighted by Gasteiger charge is 2.35. The Morgan fingerprint density at radius 1 is 1.25 bits per heavy atom. The zero-order valence-corrected chi connectivity index (χ0v) is 9.69. The van der Waals surface area contributed by atoms with Gasteiger partial charge in [-0.05, 0) is 43.2 Å². The third-order valence-corrected chi connectivity index (χ3v) is 4.05. The Labute approximate surface area is 96.8 Å². The molecule has 1 N–H and O–H groups in total. The second kappa shape index (κ2) is 3.74. The molecule has 84 valence electrons. The van der Waals surface area contributed by atoms with Crippen LogP contribution in [0.2, 0.25) is 0 Å². The normalized spacial score (nSPS) is 32.6. The van der Waals surface area contributed by atoms with Crippen molar-refractivity contribution in [3.8, 4) is 0 Å². The number of aliphatic hydroxyl groups is 1. The fourth-order valence-corrected chi connectivity index (χ4v) is 3.17. The molecule has 3 aliphatic rings. The summed E-state index contributed by atoms with van der Waals surface area (Å²) in [6.07, 6.45) is 5.61. The van der Waals surface area contributed by atoms with E-state index in [1.807, 2.05) is 0 Å². The monoisotopic (exact) mass is 214 g/mol. The van der Waals surface area contributed by atoms with Crippen molar-refractivity contribution in [1.82, 2.24) is 0 Å². The van der Waals surface area contributed by atoms with Crippen LogP contribution >= 0.6 is 0 Å². The van der Waals surface area contributed by atoms with Crippen LogP contribution in [0.1, 0.15) is 30.4 Å². The third kappa shape index (κ3) is 1.60. The van der Waals surface area contributed by atoms with Gasteiger partial charge in [0.15, 0.2) is 0 Å². The number of allylic oxidation sites excluding steroid dienone is 1. The number of hydrogen-bond acceptors (Lipinski definition) is 1. The van der Waals surface area contributed by atoms with E-state index in [1.165, 1.54) is 29.5 Å². The Balaban J connectivity index is 1.99. The van der Waals surface area contributed by atoms with Crippen LogP contribution in [-0.4, -0.2) is 11.2 Å². The van der Waals surface area contributed by atoms with Crippen LogP contribution in [0.4, 0.5) is 0 Å². The lowest BCUT2D eigenvalue weighted by molar-refractivity contribution is 0.0703. The fourth-order valence-electron chi connectivity index (χ4n) is 3.17. The van der Waals surface area contributed by atoms with Crippen LogP contribution in [-0.2, 0) is 0 Å². The van der Waals surface area contributed by atoms with Crippen molar-refractivity contribution in [2.45, 2.75) is 32.3 Å². The van der Waals surface area contributed by atoms with Crippen molar-refractivity contribution < 1.29 is 5.11 Å². The Morgan fingerprint density at radius 3 is 2.75 bits per heavy atom. The largest absolute Gasteiger partial charge is 0.392 e. The summed E-state index contributed by atoms with van der Waals surface area (Å²) in [4.78, 5) is 0. The standard InChI is InChI=1S/C15H18O/c1-10-3-2-4-11(7-10)14-8-13-6-5-12(14)9-15(13)16/h2-4,7-8,12-13,15-16H,5-6,9H2,1H3. The van der Waals surface area contributed by atoms with E-state index in [0.717, 1.165) is 6.42 Å². The lowest BCUT2D eigenvalue weighted by Crippen LogP contribution is -2.33. The van der Waals surface area contributed by atoms with E-state index in [0.29, 0.717) is 11.8 Å². The minimum atomic E-state index is -0.0905. The second-order valence-electron chi connectivity index (χ2n) is 5.23. The van der Waals surface area contributed by atoms with Gasteiger partial charge < -0.3 is 5.11 Å². The molecule has 0 spiro atoms. The van der Waals surface area contributed by atoms with Gasteiger partial charge in [0.1, 0.15) is 0 Å². The highest BCUT2D eigenvalue weighted by molar-refractivity contribution is 5.70. The Kier molecular flexibility index (Phi) is 2.36. The molecule has 3 aliphatic carbocycles. The van der Waals surface area contributed by atoms with Crippen molar-refractivity contribution in [2.75, 3.05) is 0 Å². The average Bonchev–Trinajstić information content (AvgIpc) is 2.29. The van der Waals surface area contributed by atoms with Gasteiger partial charge in [0.05, 0.1) is 6.10 Å². The molecule has 4 rings (SSSR count). The van der Waals surface area contributed by atoms with Crippen molar-refractivity contribution in [1.29, 1.82) is 0 Å². The maximum absolute atomic E-state index is 9.87. The predicted octanol–water partition coefficient (Wildman–Crippen LogP) is 3.17. The molecule has 1 heteroatoms. The molecule has 1 aromatic carbocycles. The third-order valence-electron chi connectivity index (χ3n) is 4.05. The number of rotatable bonds is 1. The smallest absolute Gasteiger partial charge is 0.0608 e. The summed E-state index contributed by atoms with van der Waals surface area (Å²) < 4.78 is 0. The minimum Gasteiger partial charge on any atom is -0.392 e. The van der Waals surface area contributed by atoms with Gasteiger partial charge in [0.2, 0.25) is 0 Å². The zero-order valence-electron chi connectivity index (χ0n) is 9.69. The molecule has 0 aromatic heterocycles. The van der Waals surface area contributed by atoms with Gasteiger partial charge in [0.25, 0.3) is 0 Å². The molecule has 0 saturated heterocycles. The van der Waals surface area contributed by atoms with Gasteiger partial charge >= 0.3 is 0 Å². The minimum absolute atomic E-state index is 0.0905. The zero-order chi connectivity index (χ0) is 11.1. The number of benzene rings is 1. The number of aliphatic hydroxyl groups excluding tert-OH is 1. The molecule has 0 amide bonds. The summed E-state index contributed by atoms with van der Waals surface area (Å²) in [7, 11) is 0. The SMILES string of the molecule is Cc1cccc(C2=CC3CCC2CC3O)c1. The molecule has 0 aliphatic heterocycles. The molecule has 3 unspecified atom stereocenters. The van der Waals surface area contributed by atoms with Gasteiger partial charge in [-0.1, -0.05) is 35.9 Å². The summed E-state index contributed by atoms with van der Waals surface area (Å²) in [5, 5.41) is 9.87. The Bertz CT molecular complexity index is 433. The molecule has 0 radical (unpaired) electrons. The predicted molar refractivity (Wildman–Crippen MR) is 66.0 cm³/mol. The quantitative estimate of drug-likeness (QED) is 0.761. The van der Waals surface area contributed by atoms with Crippen LogP contribution < -0.4 is 0 Å². The highest BCUT2D eigenvalue weighted by Crippen LogP contribution is 2.44. The summed E-state index contributed by atoms with van der Waals surface area (Å²) in [6.45, 7) is 2.14. The van der Waals surface area contributed by atoms with E-state index in [4.69, 9.17) is 0 Å². The van der Waals surface area contributed by atoms with Gasteiger partial charge in [-0.3, -0.25) is 0 Å². The first-order valence-corrected chi connectivity index (χ1v) is 6.21. The molecular weight excluding hydrogens is 196 g/mol. The van der Waals surface area contributed by atoms with Crippen LogP contribution in [0, 0.1) is 18.8 Å². The van der Waals surface area contributed by atoms with E-state index in [9.17, 15) is 5.11 Å². The molecule has 1 nitrogen and oxygen atoms in total. The van der Waals surface area contributed by atoms with Gasteiger partial charge in [0, 0.05) is 5.92 Å². The number of aryl methyl sites for hydroxylation is 1. The van der Waals surface area contributed by atoms with Crippen LogP contribution in [0.15, 0.2) is 30.3 Å². The van der Waals surface area contributed by atoms with Gasteiger partial charge in [-0.15, -0.1) is 0 Å². The molecule has 3 atom stereocenters. The Hall–Kier alpha value is -1.08. The maximum atomic E-state index is 9.87. The van der Waals surface area contributed by atoms with E-state index in [-0.39, 0.29) is 6.10 Å². The van der Waals surface area contributed by atoms with E-state index in [1.54, 1.807) is 0 Å². The number of fused-ring (bicyclic) bond motifs is 2. The Morgan fingerprint density at radius 2 is 2.12 bits per heavy atom. The molecular formula is C15H18O.